The largest absolute Gasteiger partial charge is 0.400 e. The lowest BCUT2D eigenvalue weighted by atomic mass is 10.7. The van der Waals surface area contributed by atoms with Crippen LogP contribution < -0.4 is 0 Å². The molecular weight excluding hydrogens is 90.1 g/mol. The molecule has 0 heterocycles. The van der Waals surface area contributed by atoms with Crippen molar-refractivity contribution in [2.75, 3.05) is 27.7 Å². The molecule has 0 amide bonds. The zero-order valence-electron chi connectivity index (χ0n) is 5.60. The van der Waals surface area contributed by atoms with Gasteiger partial charge in [0.2, 0.25) is 0 Å². The predicted molar refractivity (Wildman–Crippen MR) is 32.4 cm³/mol. The zero-order chi connectivity index (χ0) is 6.28. The van der Waals surface area contributed by atoms with Crippen LogP contribution in [-0.2, 0) is 0 Å². The molecule has 7 heavy (non-hydrogen) atoms. The summed E-state index contributed by atoms with van der Waals surface area (Å²) in [5.41, 5.74) is 0. The molecule has 0 saturated heterocycles. The third kappa shape index (κ3) is 24.7. The summed E-state index contributed by atoms with van der Waals surface area (Å²) in [7, 11) is 5.11. The maximum atomic E-state index is 7.00. The first kappa shape index (κ1) is 10.0. The average Bonchev–Trinajstić information content (AvgIpc) is 1.73. The monoisotopic (exact) mass is 105 g/mol. The Morgan fingerprint density at radius 3 is 1.43 bits per heavy atom. The van der Waals surface area contributed by atoms with Gasteiger partial charge < -0.3 is 10.0 Å². The van der Waals surface area contributed by atoms with Crippen molar-refractivity contribution in [1.29, 1.82) is 0 Å². The normalized spacial score (nSPS) is 7.71. The fourth-order valence-corrected chi connectivity index (χ4v) is 0. The molecule has 0 aromatic heterocycles. The summed E-state index contributed by atoms with van der Waals surface area (Å²) in [6.45, 7) is 3.26. The van der Waals surface area contributed by atoms with Crippen LogP contribution in [0.25, 0.3) is 0 Å². The van der Waals surface area contributed by atoms with Crippen LogP contribution in [0, 0.1) is 0 Å². The average molecular weight is 105 g/mol. The molecule has 0 unspecified atom stereocenters. The second-order valence-electron chi connectivity index (χ2n) is 1.40. The summed E-state index contributed by atoms with van der Waals surface area (Å²) in [5.74, 6) is 0. The molecule has 0 bridgehead atoms. The number of hydrogen-bond donors (Lipinski definition) is 1. The molecule has 0 aromatic rings. The molecule has 0 aliphatic heterocycles. The first-order chi connectivity index (χ1) is 3.27. The van der Waals surface area contributed by atoms with E-state index in [1.807, 2.05) is 0 Å². The van der Waals surface area contributed by atoms with Gasteiger partial charge in [-0.1, -0.05) is 6.92 Å². The van der Waals surface area contributed by atoms with Gasteiger partial charge in [0.05, 0.1) is 0 Å². The maximum absolute atomic E-state index is 7.00. The summed E-state index contributed by atoms with van der Waals surface area (Å²) in [6, 6.07) is 0. The highest BCUT2D eigenvalue weighted by Crippen LogP contribution is 1.63. The van der Waals surface area contributed by atoms with Crippen molar-refractivity contribution >= 4 is 0 Å². The van der Waals surface area contributed by atoms with E-state index >= 15 is 0 Å². The van der Waals surface area contributed by atoms with Crippen molar-refractivity contribution in [3.05, 3.63) is 0 Å². The fourth-order valence-electron chi connectivity index (χ4n) is 0. The molecule has 0 fully saturated rings. The van der Waals surface area contributed by atoms with Crippen molar-refractivity contribution in [3.8, 4) is 0 Å². The Kier molecular flexibility index (Phi) is 13.3. The van der Waals surface area contributed by atoms with Gasteiger partial charge in [0, 0.05) is 7.11 Å². The summed E-state index contributed by atoms with van der Waals surface area (Å²) in [5, 5.41) is 7.00. The van der Waals surface area contributed by atoms with Gasteiger partial charge in [-0.2, -0.15) is 0 Å². The minimum absolute atomic E-state index is 1.00. The predicted octanol–water partition coefficient (Wildman–Crippen LogP) is 0.176. The minimum Gasteiger partial charge on any atom is -0.400 e. The van der Waals surface area contributed by atoms with Crippen LogP contribution in [0.2, 0.25) is 0 Å². The van der Waals surface area contributed by atoms with Crippen molar-refractivity contribution in [2.24, 2.45) is 0 Å². The lowest BCUT2D eigenvalue weighted by molar-refractivity contribution is 0.399. The summed E-state index contributed by atoms with van der Waals surface area (Å²) >= 11 is 0. The Morgan fingerprint density at radius 1 is 1.29 bits per heavy atom. The molecule has 46 valence electrons. The molecule has 0 spiro atoms. The lowest BCUT2D eigenvalue weighted by Crippen LogP contribution is -2.08. The quantitative estimate of drug-likeness (QED) is 0.514. The van der Waals surface area contributed by atoms with Gasteiger partial charge in [-0.15, -0.1) is 0 Å². The third-order valence-corrected chi connectivity index (χ3v) is 0.632. The van der Waals surface area contributed by atoms with Crippen LogP contribution in [0.1, 0.15) is 6.92 Å². The Bertz CT molecular complexity index is 22.0. The van der Waals surface area contributed by atoms with Gasteiger partial charge in [0.1, 0.15) is 0 Å². The first-order valence-electron chi connectivity index (χ1n) is 2.36. The number of hydrogen-bond acceptors (Lipinski definition) is 2. The molecule has 0 rings (SSSR count). The van der Waals surface area contributed by atoms with E-state index in [-0.39, 0.29) is 0 Å². The molecule has 0 aliphatic carbocycles. The highest BCUT2D eigenvalue weighted by Gasteiger charge is 1.72. The minimum atomic E-state index is 1.00. The molecular formula is C5H15NO. The van der Waals surface area contributed by atoms with Crippen LogP contribution in [0.5, 0.6) is 0 Å². The van der Waals surface area contributed by atoms with E-state index in [9.17, 15) is 0 Å². The molecule has 0 aromatic carbocycles. The van der Waals surface area contributed by atoms with Gasteiger partial charge in [0.15, 0.2) is 0 Å². The van der Waals surface area contributed by atoms with Gasteiger partial charge in [0.25, 0.3) is 0 Å². The summed E-state index contributed by atoms with van der Waals surface area (Å²) in [6.07, 6.45) is 0. The number of aliphatic hydroxyl groups is 1. The molecule has 0 atom stereocenters. The van der Waals surface area contributed by atoms with Crippen LogP contribution in [0.15, 0.2) is 0 Å². The van der Waals surface area contributed by atoms with Gasteiger partial charge in [-0.3, -0.25) is 0 Å². The Morgan fingerprint density at radius 2 is 1.43 bits per heavy atom. The van der Waals surface area contributed by atoms with Crippen LogP contribution in [0.4, 0.5) is 0 Å². The van der Waals surface area contributed by atoms with E-state index < -0.39 is 0 Å². The van der Waals surface area contributed by atoms with Crippen molar-refractivity contribution in [3.63, 3.8) is 0 Å². The molecule has 2 heteroatoms. The molecule has 1 N–H and O–H groups in total. The third-order valence-electron chi connectivity index (χ3n) is 0.632. The Balaban J connectivity index is 0. The summed E-state index contributed by atoms with van der Waals surface area (Å²) in [4.78, 5) is 2.12. The summed E-state index contributed by atoms with van der Waals surface area (Å²) < 4.78 is 0. The van der Waals surface area contributed by atoms with Crippen LogP contribution in [0.3, 0.4) is 0 Å². The number of rotatable bonds is 1. The number of nitrogens with zero attached hydrogens (tertiary/aromatic N) is 1. The highest BCUT2D eigenvalue weighted by atomic mass is 16.2. The fraction of sp³-hybridized carbons (Fsp3) is 1.00. The first-order valence-corrected chi connectivity index (χ1v) is 2.36. The van der Waals surface area contributed by atoms with E-state index in [0.29, 0.717) is 0 Å². The maximum Gasteiger partial charge on any atom is 0.0319 e. The van der Waals surface area contributed by atoms with Crippen molar-refractivity contribution < 1.29 is 5.11 Å². The SMILES string of the molecule is CCN(C)C.CO. The Labute approximate surface area is 45.8 Å². The van der Waals surface area contributed by atoms with E-state index in [2.05, 4.69) is 25.9 Å². The van der Waals surface area contributed by atoms with Crippen molar-refractivity contribution in [2.45, 2.75) is 6.92 Å². The van der Waals surface area contributed by atoms with Gasteiger partial charge in [-0.05, 0) is 20.6 Å². The zero-order valence-corrected chi connectivity index (χ0v) is 5.60. The van der Waals surface area contributed by atoms with Crippen molar-refractivity contribution in [1.82, 2.24) is 4.90 Å². The van der Waals surface area contributed by atoms with Crippen LogP contribution >= 0.6 is 0 Å². The van der Waals surface area contributed by atoms with Gasteiger partial charge >= 0.3 is 0 Å². The molecule has 2 nitrogen and oxygen atoms in total. The molecule has 0 saturated carbocycles. The van der Waals surface area contributed by atoms with Gasteiger partial charge in [-0.25, -0.2) is 0 Å². The van der Waals surface area contributed by atoms with E-state index in [1.165, 1.54) is 0 Å². The van der Waals surface area contributed by atoms with E-state index in [0.717, 1.165) is 13.7 Å². The second-order valence-corrected chi connectivity index (χ2v) is 1.40. The standard InChI is InChI=1S/C4H11N.CH4O/c1-4-5(2)3;1-2/h4H2,1-3H3;2H,1H3. The topological polar surface area (TPSA) is 23.5 Å². The smallest absolute Gasteiger partial charge is 0.0319 e. The van der Waals surface area contributed by atoms with E-state index in [1.54, 1.807) is 0 Å². The highest BCUT2D eigenvalue weighted by molar-refractivity contribution is 4.25. The second kappa shape index (κ2) is 9.33. The Hall–Kier alpha value is -0.0800. The van der Waals surface area contributed by atoms with E-state index in [4.69, 9.17) is 5.11 Å². The molecule has 0 radical (unpaired) electrons. The van der Waals surface area contributed by atoms with Crippen LogP contribution in [-0.4, -0.2) is 37.8 Å². The lowest BCUT2D eigenvalue weighted by Gasteiger charge is -2.00. The number of aliphatic hydroxyl groups excluding tert-OH is 1. The molecule has 0 aliphatic rings.